The van der Waals surface area contributed by atoms with Crippen LogP contribution in [0.3, 0.4) is 0 Å². The number of imidazole rings is 1. The highest BCUT2D eigenvalue weighted by Crippen LogP contribution is 2.31. The number of nitrogens with zero attached hydrogens (tertiary/aromatic N) is 6. The first kappa shape index (κ1) is 21.5. The molecule has 0 aliphatic rings. The standard InChI is InChI=1S/C24H23N7O3/c1-4-5-19-26-20-14(2)12-18(24(32)33-3)25-23(20)31(19)13-15-6-8-16(9-7-15)17-10-11-34-21(17)22-27-29-30-28-22/h6-12H,4-5,13H2,1-3H3,(H,27,28,29,30). The van der Waals surface area contributed by atoms with Crippen molar-refractivity contribution in [3.63, 3.8) is 0 Å². The largest absolute Gasteiger partial charge is 0.464 e. The molecule has 5 rings (SSSR count). The van der Waals surface area contributed by atoms with Gasteiger partial charge in [-0.15, -0.1) is 5.10 Å². The smallest absolute Gasteiger partial charge is 0.356 e. The Labute approximate surface area is 195 Å². The zero-order valence-electron chi connectivity index (χ0n) is 19.1. The third kappa shape index (κ3) is 3.83. The van der Waals surface area contributed by atoms with E-state index in [0.717, 1.165) is 46.4 Å². The Kier molecular flexibility index (Phi) is 5.62. The van der Waals surface area contributed by atoms with Crippen molar-refractivity contribution in [1.82, 2.24) is 35.2 Å². The van der Waals surface area contributed by atoms with Crippen LogP contribution in [0.5, 0.6) is 0 Å². The Morgan fingerprint density at radius 3 is 2.71 bits per heavy atom. The fraction of sp³-hybridized carbons (Fsp3) is 0.250. The van der Waals surface area contributed by atoms with E-state index in [1.807, 2.05) is 25.1 Å². The van der Waals surface area contributed by atoms with Gasteiger partial charge in [0.15, 0.2) is 17.1 Å². The molecule has 0 fully saturated rings. The zero-order valence-corrected chi connectivity index (χ0v) is 19.1. The zero-order chi connectivity index (χ0) is 23.7. The molecule has 172 valence electrons. The molecule has 10 nitrogen and oxygen atoms in total. The summed E-state index contributed by atoms with van der Waals surface area (Å²) in [6, 6.07) is 11.8. The molecule has 10 heteroatoms. The molecule has 0 radical (unpaired) electrons. The van der Waals surface area contributed by atoms with Crippen molar-refractivity contribution in [2.45, 2.75) is 33.2 Å². The van der Waals surface area contributed by atoms with Crippen LogP contribution in [0.1, 0.15) is 40.8 Å². The minimum Gasteiger partial charge on any atom is -0.464 e. The van der Waals surface area contributed by atoms with Gasteiger partial charge in [-0.1, -0.05) is 31.2 Å². The summed E-state index contributed by atoms with van der Waals surface area (Å²) in [7, 11) is 1.36. The summed E-state index contributed by atoms with van der Waals surface area (Å²) in [6.07, 6.45) is 3.37. The Bertz CT molecular complexity index is 1450. The summed E-state index contributed by atoms with van der Waals surface area (Å²) in [5.41, 5.74) is 5.61. The van der Waals surface area contributed by atoms with Gasteiger partial charge in [0, 0.05) is 12.0 Å². The molecule has 0 spiro atoms. The minimum atomic E-state index is -0.461. The van der Waals surface area contributed by atoms with Crippen molar-refractivity contribution < 1.29 is 13.9 Å². The number of nitrogens with one attached hydrogen (secondary N) is 1. The quantitative estimate of drug-likeness (QED) is 0.364. The summed E-state index contributed by atoms with van der Waals surface area (Å²) < 4.78 is 12.6. The average Bonchev–Trinajstić information content (AvgIpc) is 3.60. The fourth-order valence-electron chi connectivity index (χ4n) is 4.02. The molecule has 0 bridgehead atoms. The molecule has 4 aromatic heterocycles. The number of pyridine rings is 1. The third-order valence-corrected chi connectivity index (χ3v) is 5.67. The van der Waals surface area contributed by atoms with Gasteiger partial charge in [0.05, 0.1) is 19.9 Å². The highest BCUT2D eigenvalue weighted by Gasteiger charge is 2.19. The van der Waals surface area contributed by atoms with Gasteiger partial charge >= 0.3 is 5.97 Å². The number of ether oxygens (including phenoxy) is 1. The molecule has 0 saturated carbocycles. The number of methoxy groups -OCH3 is 1. The number of rotatable bonds is 7. The number of aromatic nitrogens is 7. The van der Waals surface area contributed by atoms with E-state index < -0.39 is 5.97 Å². The molecule has 0 unspecified atom stereocenters. The molecule has 34 heavy (non-hydrogen) atoms. The Morgan fingerprint density at radius 2 is 2.00 bits per heavy atom. The lowest BCUT2D eigenvalue weighted by atomic mass is 10.0. The van der Waals surface area contributed by atoms with Gasteiger partial charge in [0.1, 0.15) is 11.3 Å². The summed E-state index contributed by atoms with van der Waals surface area (Å²) in [5, 5.41) is 13.9. The van der Waals surface area contributed by atoms with Gasteiger partial charge in [-0.25, -0.2) is 19.9 Å². The van der Waals surface area contributed by atoms with Crippen LogP contribution >= 0.6 is 0 Å². The number of fused-ring (bicyclic) bond motifs is 1. The maximum absolute atomic E-state index is 12.1. The van der Waals surface area contributed by atoms with Gasteiger partial charge in [0.2, 0.25) is 5.82 Å². The van der Waals surface area contributed by atoms with E-state index in [0.29, 0.717) is 23.8 Å². The van der Waals surface area contributed by atoms with E-state index in [9.17, 15) is 4.79 Å². The first-order chi connectivity index (χ1) is 16.6. The summed E-state index contributed by atoms with van der Waals surface area (Å²) in [5.74, 6) is 1.53. The molecule has 0 aliphatic carbocycles. The van der Waals surface area contributed by atoms with E-state index in [2.05, 4.69) is 49.2 Å². The van der Waals surface area contributed by atoms with E-state index in [1.165, 1.54) is 7.11 Å². The second-order valence-electron chi connectivity index (χ2n) is 7.96. The predicted molar refractivity (Wildman–Crippen MR) is 124 cm³/mol. The maximum atomic E-state index is 12.1. The van der Waals surface area contributed by atoms with E-state index in [1.54, 1.807) is 12.3 Å². The second kappa shape index (κ2) is 8.89. The van der Waals surface area contributed by atoms with Crippen LogP contribution in [0.4, 0.5) is 0 Å². The first-order valence-corrected chi connectivity index (χ1v) is 10.9. The normalized spacial score (nSPS) is 11.3. The van der Waals surface area contributed by atoms with Crippen LogP contribution in [0, 0.1) is 6.92 Å². The summed E-state index contributed by atoms with van der Waals surface area (Å²) >= 11 is 0. The molecule has 5 aromatic rings. The molecule has 1 aromatic carbocycles. The van der Waals surface area contributed by atoms with Crippen LogP contribution in [0.25, 0.3) is 33.9 Å². The minimum absolute atomic E-state index is 0.279. The lowest BCUT2D eigenvalue weighted by molar-refractivity contribution is 0.0594. The number of hydrogen-bond donors (Lipinski definition) is 1. The van der Waals surface area contributed by atoms with Crippen LogP contribution in [-0.2, 0) is 17.7 Å². The first-order valence-electron chi connectivity index (χ1n) is 10.9. The molecule has 0 atom stereocenters. The number of H-pyrrole nitrogens is 1. The number of benzene rings is 1. The monoisotopic (exact) mass is 457 g/mol. The van der Waals surface area contributed by atoms with E-state index in [-0.39, 0.29) is 5.69 Å². The highest BCUT2D eigenvalue weighted by molar-refractivity contribution is 5.91. The molecular weight excluding hydrogens is 434 g/mol. The molecule has 0 aliphatic heterocycles. The molecule has 4 heterocycles. The van der Waals surface area contributed by atoms with Gasteiger partial charge in [0.25, 0.3) is 0 Å². The van der Waals surface area contributed by atoms with Gasteiger partial charge in [-0.05, 0) is 52.6 Å². The van der Waals surface area contributed by atoms with Crippen LogP contribution in [-0.4, -0.2) is 48.2 Å². The van der Waals surface area contributed by atoms with Crippen molar-refractivity contribution in [3.05, 3.63) is 65.3 Å². The van der Waals surface area contributed by atoms with Gasteiger partial charge in [-0.3, -0.25) is 0 Å². The van der Waals surface area contributed by atoms with Crippen LogP contribution in [0.2, 0.25) is 0 Å². The number of carbonyl (C=O) groups is 1. The SMILES string of the molecule is CCCc1nc2c(C)cc(C(=O)OC)nc2n1Cc1ccc(-c2ccoc2-c2nnn[nH]2)cc1. The number of esters is 1. The van der Waals surface area contributed by atoms with Gasteiger partial charge < -0.3 is 13.7 Å². The lowest BCUT2D eigenvalue weighted by Gasteiger charge is -2.10. The van der Waals surface area contributed by atoms with E-state index in [4.69, 9.17) is 14.1 Å². The third-order valence-electron chi connectivity index (χ3n) is 5.67. The Balaban J connectivity index is 1.51. The topological polar surface area (TPSA) is 125 Å². The maximum Gasteiger partial charge on any atom is 0.356 e. The van der Waals surface area contributed by atoms with Gasteiger partial charge in [-0.2, -0.15) is 0 Å². The Morgan fingerprint density at radius 1 is 1.18 bits per heavy atom. The number of furan rings is 1. The predicted octanol–water partition coefficient (Wildman–Crippen LogP) is 3.97. The lowest BCUT2D eigenvalue weighted by Crippen LogP contribution is -2.09. The molecule has 0 amide bonds. The highest BCUT2D eigenvalue weighted by atomic mass is 16.5. The van der Waals surface area contributed by atoms with Crippen molar-refractivity contribution in [2.24, 2.45) is 0 Å². The van der Waals surface area contributed by atoms with Crippen molar-refractivity contribution >= 4 is 17.1 Å². The van der Waals surface area contributed by atoms with Crippen LogP contribution in [0.15, 0.2) is 47.1 Å². The molecule has 1 N–H and O–H groups in total. The number of hydrogen-bond acceptors (Lipinski definition) is 8. The number of tetrazole rings is 1. The number of carbonyl (C=O) groups excluding carboxylic acids is 1. The number of aromatic amines is 1. The van der Waals surface area contributed by atoms with E-state index >= 15 is 0 Å². The molecule has 0 saturated heterocycles. The van der Waals surface area contributed by atoms with Crippen molar-refractivity contribution in [1.29, 1.82) is 0 Å². The summed E-state index contributed by atoms with van der Waals surface area (Å²) in [6.45, 7) is 4.63. The molecular formula is C24H23N7O3. The van der Waals surface area contributed by atoms with Crippen molar-refractivity contribution in [2.75, 3.05) is 7.11 Å². The number of aryl methyl sites for hydroxylation is 2. The second-order valence-corrected chi connectivity index (χ2v) is 7.96. The summed E-state index contributed by atoms with van der Waals surface area (Å²) in [4.78, 5) is 21.6. The fourth-order valence-corrected chi connectivity index (χ4v) is 4.02. The average molecular weight is 457 g/mol. The Hall–Kier alpha value is -4.34. The van der Waals surface area contributed by atoms with Crippen LogP contribution < -0.4 is 0 Å². The van der Waals surface area contributed by atoms with Crippen molar-refractivity contribution in [3.8, 4) is 22.7 Å².